The molecule has 0 fully saturated rings. The lowest BCUT2D eigenvalue weighted by Gasteiger charge is -2.16. The summed E-state index contributed by atoms with van der Waals surface area (Å²) in [4.78, 5) is 13.4. The topological polar surface area (TPSA) is 66.5 Å². The second kappa shape index (κ2) is 8.03. The van der Waals surface area contributed by atoms with Crippen LogP contribution in [0.2, 0.25) is 0 Å². The molecular formula is C18H22N2O3S2. The zero-order valence-electron chi connectivity index (χ0n) is 14.7. The number of hydrogen-bond acceptors (Lipinski definition) is 4. The number of sulfonamides is 1. The van der Waals surface area contributed by atoms with Crippen molar-refractivity contribution in [1.82, 2.24) is 4.31 Å². The second-order valence-corrected chi connectivity index (χ2v) is 9.05. The van der Waals surface area contributed by atoms with Crippen LogP contribution in [0.15, 0.2) is 52.3 Å². The number of amides is 1. The fraction of sp³-hybridized carbons (Fsp3) is 0.278. The summed E-state index contributed by atoms with van der Waals surface area (Å²) in [6, 6.07) is 12.8. The van der Waals surface area contributed by atoms with Gasteiger partial charge in [-0.3, -0.25) is 4.79 Å². The Balaban J connectivity index is 2.18. The number of nitrogens with zero attached hydrogens (tertiary/aromatic N) is 1. The van der Waals surface area contributed by atoms with Gasteiger partial charge in [0.1, 0.15) is 0 Å². The van der Waals surface area contributed by atoms with E-state index in [1.54, 1.807) is 6.07 Å². The second-order valence-electron chi connectivity index (χ2n) is 5.85. The minimum Gasteiger partial charge on any atom is -0.325 e. The van der Waals surface area contributed by atoms with E-state index >= 15 is 0 Å². The Morgan fingerprint density at radius 2 is 1.76 bits per heavy atom. The van der Waals surface area contributed by atoms with Crippen molar-refractivity contribution >= 4 is 33.4 Å². The number of rotatable bonds is 6. The number of thioether (sulfide) groups is 1. The van der Waals surface area contributed by atoms with Crippen molar-refractivity contribution in [1.29, 1.82) is 0 Å². The van der Waals surface area contributed by atoms with Gasteiger partial charge in [0.15, 0.2) is 0 Å². The third kappa shape index (κ3) is 4.84. The van der Waals surface area contributed by atoms with E-state index < -0.39 is 10.0 Å². The Morgan fingerprint density at radius 3 is 2.36 bits per heavy atom. The molecule has 0 aliphatic carbocycles. The zero-order valence-corrected chi connectivity index (χ0v) is 16.4. The summed E-state index contributed by atoms with van der Waals surface area (Å²) in [7, 11) is -0.582. The first-order valence-corrected chi connectivity index (χ1v) is 10.2. The number of carbonyl (C=O) groups excluding carboxylic acids is 1. The van der Waals surface area contributed by atoms with E-state index in [4.69, 9.17) is 0 Å². The number of carbonyl (C=O) groups is 1. The first-order valence-electron chi connectivity index (χ1n) is 7.73. The highest BCUT2D eigenvalue weighted by molar-refractivity contribution is 8.00. The molecule has 0 atom stereocenters. The van der Waals surface area contributed by atoms with E-state index in [9.17, 15) is 13.2 Å². The van der Waals surface area contributed by atoms with Crippen LogP contribution < -0.4 is 5.32 Å². The highest BCUT2D eigenvalue weighted by Crippen LogP contribution is 2.26. The monoisotopic (exact) mass is 378 g/mol. The van der Waals surface area contributed by atoms with Crippen molar-refractivity contribution < 1.29 is 13.2 Å². The quantitative estimate of drug-likeness (QED) is 0.784. The fourth-order valence-corrected chi connectivity index (χ4v) is 3.90. The molecule has 2 aromatic carbocycles. The summed E-state index contributed by atoms with van der Waals surface area (Å²) in [5.41, 5.74) is 2.20. The molecule has 0 saturated heterocycles. The summed E-state index contributed by atoms with van der Waals surface area (Å²) in [6.07, 6.45) is 0. The van der Waals surface area contributed by atoms with Gasteiger partial charge in [0, 0.05) is 24.7 Å². The number of aryl methyl sites for hydroxylation is 1. The van der Waals surface area contributed by atoms with Gasteiger partial charge < -0.3 is 5.32 Å². The maximum absolute atomic E-state index is 12.4. The molecule has 25 heavy (non-hydrogen) atoms. The van der Waals surface area contributed by atoms with E-state index in [-0.39, 0.29) is 16.6 Å². The van der Waals surface area contributed by atoms with Crippen molar-refractivity contribution in [2.75, 3.05) is 25.2 Å². The fourth-order valence-electron chi connectivity index (χ4n) is 2.17. The van der Waals surface area contributed by atoms with E-state index in [1.165, 1.54) is 31.9 Å². The van der Waals surface area contributed by atoms with Crippen LogP contribution in [0.25, 0.3) is 0 Å². The number of nitrogens with one attached hydrogen (secondary N) is 1. The van der Waals surface area contributed by atoms with Gasteiger partial charge in [-0.2, -0.15) is 0 Å². The number of anilines is 1. The molecule has 0 saturated carbocycles. The van der Waals surface area contributed by atoms with Crippen LogP contribution in [-0.2, 0) is 14.8 Å². The Morgan fingerprint density at radius 1 is 1.12 bits per heavy atom. The molecular weight excluding hydrogens is 356 g/mol. The average Bonchev–Trinajstić information content (AvgIpc) is 2.57. The summed E-state index contributed by atoms with van der Waals surface area (Å²) < 4.78 is 25.9. The maximum atomic E-state index is 12.4. The molecule has 0 heterocycles. The van der Waals surface area contributed by atoms with Gasteiger partial charge in [-0.1, -0.05) is 18.2 Å². The summed E-state index contributed by atoms with van der Waals surface area (Å²) in [5, 5.41) is 2.83. The minimum atomic E-state index is -3.55. The normalized spacial score (nSPS) is 11.6. The van der Waals surface area contributed by atoms with E-state index in [1.807, 2.05) is 44.2 Å². The van der Waals surface area contributed by atoms with Crippen LogP contribution in [0.1, 0.15) is 11.1 Å². The highest BCUT2D eigenvalue weighted by atomic mass is 32.2. The molecule has 2 aromatic rings. The van der Waals surface area contributed by atoms with Gasteiger partial charge >= 0.3 is 0 Å². The zero-order chi connectivity index (χ0) is 18.6. The molecule has 5 nitrogen and oxygen atoms in total. The average molecular weight is 379 g/mol. The standard InChI is InChI=1S/C18H22N2O3S2/c1-13-10-16(25(22,23)20(3)4)11-17(14(13)2)19-18(21)12-24-15-8-6-5-7-9-15/h5-11H,12H2,1-4H3,(H,19,21). The van der Waals surface area contributed by atoms with Gasteiger partial charge in [0.2, 0.25) is 15.9 Å². The first kappa shape index (κ1) is 19.5. The van der Waals surface area contributed by atoms with Crippen LogP contribution >= 0.6 is 11.8 Å². The smallest absolute Gasteiger partial charge is 0.242 e. The SMILES string of the molecule is Cc1cc(S(=O)(=O)N(C)C)cc(NC(=O)CSc2ccccc2)c1C. The third-order valence-electron chi connectivity index (χ3n) is 3.81. The summed E-state index contributed by atoms with van der Waals surface area (Å²) in [5.74, 6) is 0.0865. The van der Waals surface area contributed by atoms with Crippen molar-refractivity contribution in [3.05, 3.63) is 53.6 Å². The lowest BCUT2D eigenvalue weighted by atomic mass is 10.1. The molecule has 134 valence electrons. The molecule has 0 aromatic heterocycles. The predicted molar refractivity (Wildman–Crippen MR) is 103 cm³/mol. The molecule has 0 aliphatic heterocycles. The van der Waals surface area contributed by atoms with E-state index in [0.29, 0.717) is 5.69 Å². The Kier molecular flexibility index (Phi) is 6.26. The van der Waals surface area contributed by atoms with Crippen molar-refractivity contribution in [2.45, 2.75) is 23.6 Å². The Bertz CT molecular complexity index is 863. The molecule has 7 heteroatoms. The van der Waals surface area contributed by atoms with Crippen LogP contribution in [0.4, 0.5) is 5.69 Å². The molecule has 1 N–H and O–H groups in total. The highest BCUT2D eigenvalue weighted by Gasteiger charge is 2.20. The summed E-state index contributed by atoms with van der Waals surface area (Å²) in [6.45, 7) is 3.69. The van der Waals surface area contributed by atoms with Crippen LogP contribution in [0.5, 0.6) is 0 Å². The van der Waals surface area contributed by atoms with Crippen LogP contribution in [0, 0.1) is 13.8 Å². The van der Waals surface area contributed by atoms with E-state index in [2.05, 4.69) is 5.32 Å². The molecule has 0 unspecified atom stereocenters. The van der Waals surface area contributed by atoms with Crippen molar-refractivity contribution in [3.63, 3.8) is 0 Å². The predicted octanol–water partition coefficient (Wildman–Crippen LogP) is 3.28. The van der Waals surface area contributed by atoms with Gasteiger partial charge in [0.05, 0.1) is 10.6 Å². The minimum absolute atomic E-state index is 0.171. The molecule has 0 aliphatic rings. The molecule has 0 spiro atoms. The van der Waals surface area contributed by atoms with Crippen LogP contribution in [-0.4, -0.2) is 38.5 Å². The molecule has 1 amide bonds. The number of benzene rings is 2. The first-order chi connectivity index (χ1) is 11.7. The molecule has 0 radical (unpaired) electrons. The Labute approximate surface area is 153 Å². The molecule has 2 rings (SSSR count). The largest absolute Gasteiger partial charge is 0.325 e. The Hall–Kier alpha value is -1.83. The van der Waals surface area contributed by atoms with Crippen molar-refractivity contribution in [2.24, 2.45) is 0 Å². The summed E-state index contributed by atoms with van der Waals surface area (Å²) >= 11 is 1.43. The molecule has 0 bridgehead atoms. The van der Waals surface area contributed by atoms with Crippen molar-refractivity contribution in [3.8, 4) is 0 Å². The number of hydrogen-bond donors (Lipinski definition) is 1. The lowest BCUT2D eigenvalue weighted by Crippen LogP contribution is -2.23. The van der Waals surface area contributed by atoms with Gasteiger partial charge in [-0.15, -0.1) is 11.8 Å². The van der Waals surface area contributed by atoms with E-state index in [0.717, 1.165) is 20.3 Å². The van der Waals surface area contributed by atoms with Gasteiger partial charge in [0.25, 0.3) is 0 Å². The van der Waals surface area contributed by atoms with Crippen LogP contribution in [0.3, 0.4) is 0 Å². The maximum Gasteiger partial charge on any atom is 0.242 e. The van der Waals surface area contributed by atoms with Gasteiger partial charge in [-0.05, 0) is 49.2 Å². The lowest BCUT2D eigenvalue weighted by molar-refractivity contribution is -0.113. The third-order valence-corrected chi connectivity index (χ3v) is 6.61. The van der Waals surface area contributed by atoms with Gasteiger partial charge in [-0.25, -0.2) is 12.7 Å².